The Bertz CT molecular complexity index is 628. The molecule has 3 N–H and O–H groups in total. The summed E-state index contributed by atoms with van der Waals surface area (Å²) < 4.78 is 30.2. The summed E-state index contributed by atoms with van der Waals surface area (Å²) in [5.74, 6) is -0.374. The van der Waals surface area contributed by atoms with Crippen LogP contribution in [0, 0.1) is 17.6 Å². The average Bonchev–Trinajstić information content (AvgIpc) is 3.20. The number of halogens is 2. The van der Waals surface area contributed by atoms with Crippen molar-refractivity contribution in [3.05, 3.63) is 11.6 Å². The summed E-state index contributed by atoms with van der Waals surface area (Å²) in [6.07, 6.45) is 3.29. The monoisotopic (exact) mass is 396 g/mol. The van der Waals surface area contributed by atoms with Crippen molar-refractivity contribution in [1.29, 1.82) is 0 Å². The predicted molar refractivity (Wildman–Crippen MR) is 111 cm³/mol. The fourth-order valence-electron chi connectivity index (χ4n) is 3.71. The maximum absolute atomic E-state index is 15.1. The Morgan fingerprint density at radius 3 is 2.39 bits per heavy atom. The van der Waals surface area contributed by atoms with Gasteiger partial charge in [0.2, 0.25) is 0 Å². The van der Waals surface area contributed by atoms with Crippen LogP contribution in [0.2, 0.25) is 0 Å². The van der Waals surface area contributed by atoms with Crippen molar-refractivity contribution < 1.29 is 8.78 Å². The summed E-state index contributed by atoms with van der Waals surface area (Å²) in [4.78, 5) is 8.59. The van der Waals surface area contributed by atoms with Crippen LogP contribution in [0.3, 0.4) is 0 Å². The van der Waals surface area contributed by atoms with Crippen LogP contribution in [0.15, 0.2) is 0 Å². The first-order chi connectivity index (χ1) is 13.6. The third kappa shape index (κ3) is 5.44. The summed E-state index contributed by atoms with van der Waals surface area (Å²) >= 11 is 0. The molecule has 0 atom stereocenters. The zero-order valence-electron chi connectivity index (χ0n) is 17.2. The fraction of sp³-hybridized carbons (Fsp3) is 0.750. The molecule has 1 aromatic rings. The van der Waals surface area contributed by atoms with Crippen LogP contribution in [-0.2, 0) is 0 Å². The van der Waals surface area contributed by atoms with Crippen LogP contribution in [0.1, 0.15) is 33.1 Å². The largest absolute Gasteiger partial charge is 0.380 e. The predicted octanol–water partition coefficient (Wildman–Crippen LogP) is 2.74. The van der Waals surface area contributed by atoms with Crippen LogP contribution in [0.25, 0.3) is 0 Å². The molecule has 0 spiro atoms. The summed E-state index contributed by atoms with van der Waals surface area (Å²) in [5, 5.41) is 9.34. The SMILES string of the molecule is CC(C)CCNc1c(F)c(NCCN2CCCC2)nc(N2CCNCC2)c1F. The molecule has 28 heavy (non-hydrogen) atoms. The first-order valence-electron chi connectivity index (χ1n) is 10.6. The highest BCUT2D eigenvalue weighted by Gasteiger charge is 2.25. The second-order valence-corrected chi connectivity index (χ2v) is 8.11. The van der Waals surface area contributed by atoms with Crippen molar-refractivity contribution in [1.82, 2.24) is 15.2 Å². The Hall–Kier alpha value is -1.67. The van der Waals surface area contributed by atoms with Crippen LogP contribution >= 0.6 is 0 Å². The van der Waals surface area contributed by atoms with E-state index in [0.29, 0.717) is 32.1 Å². The Morgan fingerprint density at radius 2 is 1.71 bits per heavy atom. The first-order valence-corrected chi connectivity index (χ1v) is 10.6. The molecule has 6 nitrogen and oxygen atoms in total. The van der Waals surface area contributed by atoms with Gasteiger partial charge in [0.25, 0.3) is 0 Å². The van der Waals surface area contributed by atoms with Gasteiger partial charge >= 0.3 is 0 Å². The molecule has 2 saturated heterocycles. The summed E-state index contributed by atoms with van der Waals surface area (Å²) in [5.41, 5.74) is -0.0622. The molecular formula is C20H34F2N6. The van der Waals surface area contributed by atoms with Crippen LogP contribution in [0.5, 0.6) is 0 Å². The molecule has 0 unspecified atom stereocenters. The van der Waals surface area contributed by atoms with Crippen LogP contribution in [0.4, 0.5) is 26.1 Å². The van der Waals surface area contributed by atoms with E-state index < -0.39 is 11.6 Å². The van der Waals surface area contributed by atoms with Gasteiger partial charge in [-0.3, -0.25) is 0 Å². The van der Waals surface area contributed by atoms with Crippen LogP contribution in [-0.4, -0.2) is 68.8 Å². The number of anilines is 3. The van der Waals surface area contributed by atoms with Crippen molar-refractivity contribution in [3.8, 4) is 0 Å². The van der Waals surface area contributed by atoms with Gasteiger partial charge in [-0.15, -0.1) is 0 Å². The first kappa shape index (κ1) is 21.0. The van der Waals surface area contributed by atoms with Crippen molar-refractivity contribution in [2.45, 2.75) is 33.1 Å². The van der Waals surface area contributed by atoms with Gasteiger partial charge in [-0.25, -0.2) is 13.8 Å². The lowest BCUT2D eigenvalue weighted by molar-refractivity contribution is 0.352. The molecule has 2 aliphatic heterocycles. The summed E-state index contributed by atoms with van der Waals surface area (Å²) in [6.45, 7) is 11.2. The van der Waals surface area contributed by atoms with Crippen molar-refractivity contribution in [2.24, 2.45) is 5.92 Å². The van der Waals surface area contributed by atoms with Crippen molar-refractivity contribution in [2.75, 3.05) is 74.4 Å². The Kier molecular flexibility index (Phi) is 7.67. The lowest BCUT2D eigenvalue weighted by atomic mass is 10.1. The third-order valence-corrected chi connectivity index (χ3v) is 5.42. The molecule has 0 aliphatic carbocycles. The number of aromatic nitrogens is 1. The summed E-state index contributed by atoms with van der Waals surface area (Å²) in [6, 6.07) is 0. The van der Waals surface area contributed by atoms with Crippen molar-refractivity contribution in [3.63, 3.8) is 0 Å². The molecule has 158 valence electrons. The minimum Gasteiger partial charge on any atom is -0.380 e. The quantitative estimate of drug-likeness (QED) is 0.597. The van der Waals surface area contributed by atoms with E-state index in [2.05, 4.69) is 39.7 Å². The highest BCUT2D eigenvalue weighted by atomic mass is 19.1. The van der Waals surface area contributed by atoms with Crippen LogP contribution < -0.4 is 20.9 Å². The van der Waals surface area contributed by atoms with Gasteiger partial charge in [-0.05, 0) is 38.3 Å². The zero-order chi connectivity index (χ0) is 19.9. The maximum Gasteiger partial charge on any atom is 0.191 e. The fourth-order valence-corrected chi connectivity index (χ4v) is 3.71. The zero-order valence-corrected chi connectivity index (χ0v) is 17.2. The molecule has 0 amide bonds. The van der Waals surface area contributed by atoms with Crippen molar-refractivity contribution >= 4 is 17.3 Å². The average molecular weight is 397 g/mol. The molecular weight excluding hydrogens is 362 g/mol. The number of nitrogens with zero attached hydrogens (tertiary/aromatic N) is 3. The minimum atomic E-state index is -0.624. The molecule has 2 fully saturated rings. The van der Waals surface area contributed by atoms with E-state index in [1.165, 1.54) is 12.8 Å². The lowest BCUT2D eigenvalue weighted by Crippen LogP contribution is -2.44. The standard InChI is InChI=1S/C20H34F2N6/c1-15(2)5-6-24-18-16(21)19(25-9-12-27-10-3-4-11-27)26-20(17(18)22)28-13-7-23-8-14-28/h15,23H,3-14H2,1-2H3,(H2,24,25,26). The number of likely N-dealkylation sites (tertiary alicyclic amines) is 1. The molecule has 0 bridgehead atoms. The number of nitrogens with one attached hydrogen (secondary N) is 3. The maximum atomic E-state index is 15.1. The molecule has 2 aliphatic rings. The van der Waals surface area contributed by atoms with Gasteiger partial charge in [0, 0.05) is 45.8 Å². The van der Waals surface area contributed by atoms with E-state index in [1.54, 1.807) is 0 Å². The topological polar surface area (TPSA) is 55.5 Å². The van der Waals surface area contributed by atoms with E-state index in [0.717, 1.165) is 39.1 Å². The minimum absolute atomic E-state index is 0.0622. The third-order valence-electron chi connectivity index (χ3n) is 5.42. The molecule has 0 saturated carbocycles. The molecule has 8 heteroatoms. The highest BCUT2D eigenvalue weighted by molar-refractivity contribution is 5.64. The van der Waals surface area contributed by atoms with Gasteiger partial charge in [0.05, 0.1) is 0 Å². The molecule has 3 heterocycles. The van der Waals surface area contributed by atoms with E-state index in [-0.39, 0.29) is 17.3 Å². The van der Waals surface area contributed by atoms with Gasteiger partial charge in [0.15, 0.2) is 23.3 Å². The van der Waals surface area contributed by atoms with E-state index >= 15 is 8.78 Å². The smallest absolute Gasteiger partial charge is 0.191 e. The number of pyridine rings is 1. The Labute approximate surface area is 167 Å². The molecule has 1 aromatic heterocycles. The molecule has 0 aromatic carbocycles. The van der Waals surface area contributed by atoms with Gasteiger partial charge < -0.3 is 25.8 Å². The number of rotatable bonds is 9. The molecule has 0 radical (unpaired) electrons. The number of hydrogen-bond acceptors (Lipinski definition) is 6. The number of piperazine rings is 1. The van der Waals surface area contributed by atoms with E-state index in [4.69, 9.17) is 0 Å². The Balaban J connectivity index is 1.77. The van der Waals surface area contributed by atoms with E-state index in [9.17, 15) is 0 Å². The van der Waals surface area contributed by atoms with Gasteiger partial charge in [-0.1, -0.05) is 13.8 Å². The number of hydrogen-bond donors (Lipinski definition) is 3. The van der Waals surface area contributed by atoms with E-state index in [1.807, 2.05) is 4.90 Å². The normalized spacial score (nSPS) is 18.1. The summed E-state index contributed by atoms with van der Waals surface area (Å²) in [7, 11) is 0. The molecule has 3 rings (SSSR count). The Morgan fingerprint density at radius 1 is 1.00 bits per heavy atom. The van der Waals surface area contributed by atoms with Gasteiger partial charge in [0.1, 0.15) is 5.69 Å². The highest BCUT2D eigenvalue weighted by Crippen LogP contribution is 2.31. The second-order valence-electron chi connectivity index (χ2n) is 8.11. The van der Waals surface area contributed by atoms with Gasteiger partial charge in [-0.2, -0.15) is 0 Å². The second kappa shape index (κ2) is 10.2. The lowest BCUT2D eigenvalue weighted by Gasteiger charge is -2.30.